The second kappa shape index (κ2) is 10.2. The van der Waals surface area contributed by atoms with Crippen LogP contribution >= 0.6 is 0 Å². The maximum atomic E-state index is 13.6. The van der Waals surface area contributed by atoms with Gasteiger partial charge in [-0.3, -0.25) is 9.59 Å². The van der Waals surface area contributed by atoms with E-state index in [0.717, 1.165) is 17.0 Å². The van der Waals surface area contributed by atoms with Gasteiger partial charge >= 0.3 is 0 Å². The topological polar surface area (TPSA) is 58.6 Å². The average Bonchev–Trinajstić information content (AvgIpc) is 3.07. The first-order valence-corrected chi connectivity index (χ1v) is 12.0. The summed E-state index contributed by atoms with van der Waals surface area (Å²) in [5.41, 5.74) is 4.77. The van der Waals surface area contributed by atoms with Gasteiger partial charge in [-0.1, -0.05) is 64.1 Å². The molecule has 0 saturated carbocycles. The number of imide groups is 1. The summed E-state index contributed by atoms with van der Waals surface area (Å²) in [5.74, 6) is 0.824. The van der Waals surface area contributed by atoms with E-state index in [9.17, 15) is 9.59 Å². The third-order valence-electron chi connectivity index (χ3n) is 5.92. The van der Waals surface area contributed by atoms with E-state index in [4.69, 9.17) is 4.74 Å². The van der Waals surface area contributed by atoms with Crippen LogP contribution in [0.2, 0.25) is 0 Å². The van der Waals surface area contributed by atoms with Crippen molar-refractivity contribution in [3.63, 3.8) is 0 Å². The first kappa shape index (κ1) is 24.3. The van der Waals surface area contributed by atoms with E-state index in [1.165, 1.54) is 10.5 Å². The lowest BCUT2D eigenvalue weighted by Crippen LogP contribution is -2.32. The number of carbonyl (C=O) groups excluding carboxylic acids is 2. The fourth-order valence-corrected chi connectivity index (χ4v) is 3.99. The van der Waals surface area contributed by atoms with E-state index in [-0.39, 0.29) is 17.5 Å². The minimum atomic E-state index is -0.372. The first-order valence-electron chi connectivity index (χ1n) is 12.0. The second-order valence-electron chi connectivity index (χ2n) is 9.67. The molecule has 35 heavy (non-hydrogen) atoms. The number of hydrogen-bond donors (Lipinski definition) is 1. The molecule has 0 atom stereocenters. The van der Waals surface area contributed by atoms with Crippen LogP contribution in [0, 0.1) is 12.8 Å². The Balaban J connectivity index is 1.73. The van der Waals surface area contributed by atoms with E-state index in [0.29, 0.717) is 35.3 Å². The van der Waals surface area contributed by atoms with Crippen molar-refractivity contribution in [2.45, 2.75) is 40.5 Å². The number of rotatable bonds is 8. The number of amides is 2. The molecule has 0 saturated heterocycles. The van der Waals surface area contributed by atoms with Crippen LogP contribution < -0.4 is 15.0 Å². The van der Waals surface area contributed by atoms with Gasteiger partial charge in [0.05, 0.1) is 17.9 Å². The molecule has 0 bridgehead atoms. The van der Waals surface area contributed by atoms with Crippen LogP contribution in [0.1, 0.15) is 50.3 Å². The Morgan fingerprint density at radius 3 is 2.14 bits per heavy atom. The van der Waals surface area contributed by atoms with E-state index in [1.54, 1.807) is 6.07 Å². The van der Waals surface area contributed by atoms with E-state index < -0.39 is 0 Å². The van der Waals surface area contributed by atoms with Crippen molar-refractivity contribution in [1.29, 1.82) is 0 Å². The molecule has 1 aliphatic heterocycles. The maximum absolute atomic E-state index is 13.6. The molecule has 0 spiro atoms. The van der Waals surface area contributed by atoms with Crippen LogP contribution in [0.15, 0.2) is 78.5 Å². The number of nitrogens with zero attached hydrogens (tertiary/aromatic N) is 1. The van der Waals surface area contributed by atoms with Crippen molar-refractivity contribution >= 4 is 28.8 Å². The van der Waals surface area contributed by atoms with Crippen molar-refractivity contribution in [2.24, 2.45) is 5.92 Å². The van der Waals surface area contributed by atoms with Gasteiger partial charge in [-0.2, -0.15) is 0 Å². The van der Waals surface area contributed by atoms with Gasteiger partial charge in [0.15, 0.2) is 0 Å². The smallest absolute Gasteiger partial charge is 0.282 e. The molecule has 3 aromatic carbocycles. The molecule has 0 radical (unpaired) electrons. The fourth-order valence-electron chi connectivity index (χ4n) is 3.99. The van der Waals surface area contributed by atoms with E-state index >= 15 is 0 Å². The van der Waals surface area contributed by atoms with Crippen molar-refractivity contribution in [1.82, 2.24) is 0 Å². The predicted molar refractivity (Wildman–Crippen MR) is 142 cm³/mol. The van der Waals surface area contributed by atoms with Crippen LogP contribution in [-0.4, -0.2) is 18.4 Å². The summed E-state index contributed by atoms with van der Waals surface area (Å²) in [4.78, 5) is 28.5. The summed E-state index contributed by atoms with van der Waals surface area (Å²) in [7, 11) is 0. The summed E-state index contributed by atoms with van der Waals surface area (Å²) in [5, 5.41) is 3.24. The number of hydrogen-bond acceptors (Lipinski definition) is 4. The molecular weight excluding hydrogens is 436 g/mol. The Bertz CT molecular complexity index is 1260. The van der Waals surface area contributed by atoms with Crippen LogP contribution in [0.3, 0.4) is 0 Å². The summed E-state index contributed by atoms with van der Waals surface area (Å²) < 4.78 is 5.80. The minimum absolute atomic E-state index is 0.268. The van der Waals surface area contributed by atoms with Crippen LogP contribution in [0.25, 0.3) is 5.57 Å². The van der Waals surface area contributed by atoms with Gasteiger partial charge in [-0.25, -0.2) is 4.90 Å². The van der Waals surface area contributed by atoms with Gasteiger partial charge in [0.2, 0.25) is 0 Å². The summed E-state index contributed by atoms with van der Waals surface area (Å²) in [6.07, 6.45) is 0. The van der Waals surface area contributed by atoms with Gasteiger partial charge in [0.1, 0.15) is 11.4 Å². The monoisotopic (exact) mass is 468 g/mol. The molecule has 5 nitrogen and oxygen atoms in total. The van der Waals surface area contributed by atoms with E-state index in [1.807, 2.05) is 73.7 Å². The lowest BCUT2D eigenvalue weighted by Gasteiger charge is -2.16. The quantitative estimate of drug-likeness (QED) is 0.381. The standard InChI is InChI=1S/C30H32N2O3/c1-19(2)18-35-26-15-11-23(12-16-26)27-28(31-24-13-9-22(10-14-24)20(3)4)30(34)32(29(27)33)25-8-6-7-21(5)17-25/h6-17,19-20,31H,18H2,1-5H3. The number of benzene rings is 3. The maximum Gasteiger partial charge on any atom is 0.282 e. The largest absolute Gasteiger partial charge is 0.493 e. The van der Waals surface area contributed by atoms with Crippen molar-refractivity contribution < 1.29 is 14.3 Å². The molecule has 0 aliphatic carbocycles. The Morgan fingerprint density at radius 1 is 0.857 bits per heavy atom. The molecule has 4 rings (SSSR count). The van der Waals surface area contributed by atoms with Gasteiger partial charge in [0, 0.05) is 5.69 Å². The van der Waals surface area contributed by atoms with Crippen LogP contribution in [-0.2, 0) is 9.59 Å². The minimum Gasteiger partial charge on any atom is -0.493 e. The van der Waals surface area contributed by atoms with Crippen LogP contribution in [0.5, 0.6) is 5.75 Å². The van der Waals surface area contributed by atoms with Crippen LogP contribution in [0.4, 0.5) is 11.4 Å². The molecule has 1 aliphatic rings. The SMILES string of the molecule is Cc1cccc(N2C(=O)C(Nc3ccc(C(C)C)cc3)=C(c3ccc(OCC(C)C)cc3)C2=O)c1. The Hall–Kier alpha value is -3.86. The number of ether oxygens (including phenoxy) is 1. The molecular formula is C30H32N2O3. The Labute approximate surface area is 207 Å². The lowest BCUT2D eigenvalue weighted by atomic mass is 10.0. The second-order valence-corrected chi connectivity index (χ2v) is 9.67. The number of aryl methyl sites for hydroxylation is 1. The van der Waals surface area contributed by atoms with Gasteiger partial charge in [-0.05, 0) is 71.8 Å². The average molecular weight is 469 g/mol. The highest BCUT2D eigenvalue weighted by molar-refractivity contribution is 6.46. The summed E-state index contributed by atoms with van der Waals surface area (Å²) in [6.45, 7) is 11.0. The first-order chi connectivity index (χ1) is 16.7. The molecule has 1 N–H and O–H groups in total. The molecule has 2 amide bonds. The molecule has 3 aromatic rings. The van der Waals surface area contributed by atoms with Gasteiger partial charge in [-0.15, -0.1) is 0 Å². The lowest BCUT2D eigenvalue weighted by molar-refractivity contribution is -0.120. The zero-order valence-corrected chi connectivity index (χ0v) is 21.0. The highest BCUT2D eigenvalue weighted by Crippen LogP contribution is 2.35. The van der Waals surface area contributed by atoms with Crippen molar-refractivity contribution in [3.8, 4) is 5.75 Å². The number of anilines is 2. The highest BCUT2D eigenvalue weighted by Gasteiger charge is 2.40. The Morgan fingerprint density at radius 2 is 1.54 bits per heavy atom. The van der Waals surface area contributed by atoms with Gasteiger partial charge < -0.3 is 10.1 Å². The third kappa shape index (κ3) is 5.29. The molecule has 1 heterocycles. The third-order valence-corrected chi connectivity index (χ3v) is 5.92. The molecule has 0 aromatic heterocycles. The molecule has 5 heteroatoms. The predicted octanol–water partition coefficient (Wildman–Crippen LogP) is 6.55. The Kier molecular flexibility index (Phi) is 7.06. The summed E-state index contributed by atoms with van der Waals surface area (Å²) in [6, 6.07) is 22.7. The molecule has 0 fully saturated rings. The van der Waals surface area contributed by atoms with E-state index in [2.05, 4.69) is 33.0 Å². The molecule has 0 unspecified atom stereocenters. The van der Waals surface area contributed by atoms with Crippen molar-refractivity contribution in [2.75, 3.05) is 16.8 Å². The zero-order chi connectivity index (χ0) is 25.1. The number of carbonyl (C=O) groups is 2. The normalized spacial score (nSPS) is 13.9. The summed E-state index contributed by atoms with van der Waals surface area (Å²) >= 11 is 0. The highest BCUT2D eigenvalue weighted by atomic mass is 16.5. The van der Waals surface area contributed by atoms with Gasteiger partial charge in [0.25, 0.3) is 11.8 Å². The zero-order valence-electron chi connectivity index (χ0n) is 21.0. The fraction of sp³-hybridized carbons (Fsp3) is 0.267. The van der Waals surface area contributed by atoms with Crippen molar-refractivity contribution in [3.05, 3.63) is 95.2 Å². The molecule has 180 valence electrons. The number of nitrogens with one attached hydrogen (secondary N) is 1.